The highest BCUT2D eigenvalue weighted by Gasteiger charge is 2.32. The van der Waals surface area contributed by atoms with Crippen molar-refractivity contribution in [2.75, 3.05) is 0 Å². The SMILES string of the molecule is OC1(CCCC2(O)CCCCC2)CCCCC1. The average molecular weight is 240 g/mol. The summed E-state index contributed by atoms with van der Waals surface area (Å²) in [6, 6.07) is 0. The van der Waals surface area contributed by atoms with E-state index in [4.69, 9.17) is 0 Å². The van der Waals surface area contributed by atoms with Crippen molar-refractivity contribution in [3.05, 3.63) is 0 Å². The summed E-state index contributed by atoms with van der Waals surface area (Å²) in [4.78, 5) is 0. The first-order valence-corrected chi connectivity index (χ1v) is 7.57. The van der Waals surface area contributed by atoms with Gasteiger partial charge in [0.05, 0.1) is 11.2 Å². The first kappa shape index (κ1) is 13.4. The highest BCUT2D eigenvalue weighted by Crippen LogP contribution is 2.36. The summed E-state index contributed by atoms with van der Waals surface area (Å²) in [5.74, 6) is 0. The Morgan fingerprint density at radius 2 is 0.941 bits per heavy atom. The average Bonchev–Trinajstić information content (AvgIpc) is 2.30. The van der Waals surface area contributed by atoms with Crippen molar-refractivity contribution in [2.45, 2.75) is 94.7 Å². The molecule has 0 amide bonds. The van der Waals surface area contributed by atoms with Gasteiger partial charge in [-0.3, -0.25) is 0 Å². The van der Waals surface area contributed by atoms with E-state index in [-0.39, 0.29) is 0 Å². The maximum Gasteiger partial charge on any atom is 0.0647 e. The van der Waals surface area contributed by atoms with Gasteiger partial charge in [0, 0.05) is 0 Å². The Bertz CT molecular complexity index is 201. The van der Waals surface area contributed by atoms with Crippen molar-refractivity contribution < 1.29 is 10.2 Å². The zero-order chi connectivity index (χ0) is 12.2. The smallest absolute Gasteiger partial charge is 0.0647 e. The second kappa shape index (κ2) is 5.71. The van der Waals surface area contributed by atoms with Crippen LogP contribution in [0.2, 0.25) is 0 Å². The fourth-order valence-electron chi connectivity index (χ4n) is 3.67. The molecule has 2 heteroatoms. The molecule has 2 fully saturated rings. The van der Waals surface area contributed by atoms with Crippen LogP contribution in [0.3, 0.4) is 0 Å². The predicted molar refractivity (Wildman–Crippen MR) is 69.9 cm³/mol. The van der Waals surface area contributed by atoms with E-state index in [1.165, 1.54) is 38.5 Å². The van der Waals surface area contributed by atoms with Gasteiger partial charge in [-0.1, -0.05) is 38.5 Å². The number of hydrogen-bond donors (Lipinski definition) is 2. The molecular formula is C15H28O2. The summed E-state index contributed by atoms with van der Waals surface area (Å²) in [5, 5.41) is 20.8. The fraction of sp³-hybridized carbons (Fsp3) is 1.00. The van der Waals surface area contributed by atoms with Gasteiger partial charge in [0.15, 0.2) is 0 Å². The van der Waals surface area contributed by atoms with E-state index >= 15 is 0 Å². The monoisotopic (exact) mass is 240 g/mol. The third-order valence-corrected chi connectivity index (χ3v) is 4.85. The molecule has 0 aromatic rings. The molecule has 0 spiro atoms. The highest BCUT2D eigenvalue weighted by molar-refractivity contribution is 4.86. The Hall–Kier alpha value is -0.0800. The molecule has 2 aliphatic rings. The zero-order valence-corrected chi connectivity index (χ0v) is 11.1. The van der Waals surface area contributed by atoms with Crippen molar-refractivity contribution in [3.63, 3.8) is 0 Å². The highest BCUT2D eigenvalue weighted by atomic mass is 16.3. The lowest BCUT2D eigenvalue weighted by molar-refractivity contribution is -0.0295. The second-order valence-electron chi connectivity index (χ2n) is 6.42. The molecule has 0 aromatic heterocycles. The summed E-state index contributed by atoms with van der Waals surface area (Å²) in [6.45, 7) is 0. The lowest BCUT2D eigenvalue weighted by Crippen LogP contribution is -2.34. The summed E-state index contributed by atoms with van der Waals surface area (Å²) < 4.78 is 0. The van der Waals surface area contributed by atoms with E-state index < -0.39 is 11.2 Å². The molecule has 2 nitrogen and oxygen atoms in total. The predicted octanol–water partition coefficient (Wildman–Crippen LogP) is 3.55. The Labute approximate surface area is 105 Å². The Balaban J connectivity index is 1.70. The van der Waals surface area contributed by atoms with Crippen molar-refractivity contribution in [1.82, 2.24) is 0 Å². The molecule has 0 heterocycles. The maximum atomic E-state index is 10.4. The Morgan fingerprint density at radius 3 is 1.29 bits per heavy atom. The number of hydrogen-bond acceptors (Lipinski definition) is 2. The van der Waals surface area contributed by atoms with Crippen LogP contribution in [0.5, 0.6) is 0 Å². The first-order chi connectivity index (χ1) is 8.12. The zero-order valence-electron chi connectivity index (χ0n) is 11.1. The van der Waals surface area contributed by atoms with Crippen molar-refractivity contribution in [2.24, 2.45) is 0 Å². The molecule has 0 radical (unpaired) electrons. The van der Waals surface area contributed by atoms with Gasteiger partial charge < -0.3 is 10.2 Å². The van der Waals surface area contributed by atoms with Crippen molar-refractivity contribution >= 4 is 0 Å². The summed E-state index contributed by atoms with van der Waals surface area (Å²) >= 11 is 0. The summed E-state index contributed by atoms with van der Waals surface area (Å²) in [6.07, 6.45) is 14.0. The van der Waals surface area contributed by atoms with Crippen LogP contribution >= 0.6 is 0 Å². The molecule has 100 valence electrons. The molecule has 2 aliphatic carbocycles. The molecule has 0 saturated heterocycles. The minimum atomic E-state index is -0.400. The van der Waals surface area contributed by atoms with Gasteiger partial charge in [0.2, 0.25) is 0 Å². The van der Waals surface area contributed by atoms with Gasteiger partial charge in [-0.05, 0) is 44.9 Å². The van der Waals surface area contributed by atoms with Crippen molar-refractivity contribution in [1.29, 1.82) is 0 Å². The minimum absolute atomic E-state index is 0.400. The van der Waals surface area contributed by atoms with Crippen LogP contribution in [-0.4, -0.2) is 21.4 Å². The normalized spacial score (nSPS) is 27.9. The molecular weight excluding hydrogens is 212 g/mol. The summed E-state index contributed by atoms with van der Waals surface area (Å²) in [5.41, 5.74) is -0.799. The van der Waals surface area contributed by atoms with Crippen LogP contribution in [0.15, 0.2) is 0 Å². The molecule has 0 aromatic carbocycles. The topological polar surface area (TPSA) is 40.5 Å². The van der Waals surface area contributed by atoms with Crippen LogP contribution in [0.1, 0.15) is 83.5 Å². The molecule has 17 heavy (non-hydrogen) atoms. The van der Waals surface area contributed by atoms with E-state index in [0.717, 1.165) is 44.9 Å². The van der Waals surface area contributed by atoms with Crippen LogP contribution in [0.4, 0.5) is 0 Å². The van der Waals surface area contributed by atoms with Gasteiger partial charge >= 0.3 is 0 Å². The lowest BCUT2D eigenvalue weighted by Gasteiger charge is -2.35. The summed E-state index contributed by atoms with van der Waals surface area (Å²) in [7, 11) is 0. The fourth-order valence-corrected chi connectivity index (χ4v) is 3.67. The van der Waals surface area contributed by atoms with Crippen LogP contribution < -0.4 is 0 Å². The lowest BCUT2D eigenvalue weighted by atomic mass is 9.77. The number of rotatable bonds is 4. The van der Waals surface area contributed by atoms with Gasteiger partial charge in [-0.25, -0.2) is 0 Å². The van der Waals surface area contributed by atoms with Crippen LogP contribution in [0.25, 0.3) is 0 Å². The molecule has 2 N–H and O–H groups in total. The van der Waals surface area contributed by atoms with E-state index in [0.29, 0.717) is 0 Å². The molecule has 2 rings (SSSR count). The molecule has 2 saturated carbocycles. The maximum absolute atomic E-state index is 10.4. The standard InChI is InChI=1S/C15H28O2/c16-14(8-3-1-4-9-14)12-7-13-15(17)10-5-2-6-11-15/h16-17H,1-13H2. The minimum Gasteiger partial charge on any atom is -0.390 e. The largest absolute Gasteiger partial charge is 0.390 e. The van der Waals surface area contributed by atoms with Crippen molar-refractivity contribution in [3.8, 4) is 0 Å². The third kappa shape index (κ3) is 3.96. The quantitative estimate of drug-likeness (QED) is 0.789. The third-order valence-electron chi connectivity index (χ3n) is 4.85. The van der Waals surface area contributed by atoms with Gasteiger partial charge in [0.25, 0.3) is 0 Å². The molecule has 0 atom stereocenters. The van der Waals surface area contributed by atoms with Crippen LogP contribution in [0, 0.1) is 0 Å². The van der Waals surface area contributed by atoms with Gasteiger partial charge in [-0.2, -0.15) is 0 Å². The number of aliphatic hydroxyl groups is 2. The van der Waals surface area contributed by atoms with Gasteiger partial charge in [-0.15, -0.1) is 0 Å². The van der Waals surface area contributed by atoms with E-state index in [1.807, 2.05) is 0 Å². The van der Waals surface area contributed by atoms with E-state index in [9.17, 15) is 10.2 Å². The Morgan fingerprint density at radius 1 is 0.588 bits per heavy atom. The molecule has 0 aliphatic heterocycles. The van der Waals surface area contributed by atoms with E-state index in [2.05, 4.69) is 0 Å². The molecule has 0 bridgehead atoms. The first-order valence-electron chi connectivity index (χ1n) is 7.57. The second-order valence-corrected chi connectivity index (χ2v) is 6.42. The Kier molecular flexibility index (Phi) is 4.48. The van der Waals surface area contributed by atoms with E-state index in [1.54, 1.807) is 0 Å². The molecule has 0 unspecified atom stereocenters. The van der Waals surface area contributed by atoms with Gasteiger partial charge in [0.1, 0.15) is 0 Å². The van der Waals surface area contributed by atoms with Crippen LogP contribution in [-0.2, 0) is 0 Å².